The summed E-state index contributed by atoms with van der Waals surface area (Å²) in [5.41, 5.74) is 2.87. The number of aryl methyl sites for hydroxylation is 1. The second kappa shape index (κ2) is 8.23. The number of carbonyl (C=O) groups is 2. The number of nitrogens with zero attached hydrogens (tertiary/aromatic N) is 1. The molecule has 1 amide bonds. The first kappa shape index (κ1) is 18.3. The van der Waals surface area contributed by atoms with Crippen molar-refractivity contribution in [2.24, 2.45) is 0 Å². The van der Waals surface area contributed by atoms with Crippen LogP contribution >= 0.6 is 0 Å². The maximum absolute atomic E-state index is 12.3. The van der Waals surface area contributed by atoms with E-state index in [2.05, 4.69) is 5.32 Å². The third-order valence-electron chi connectivity index (χ3n) is 4.02. The Morgan fingerprint density at radius 3 is 2.56 bits per heavy atom. The third kappa shape index (κ3) is 4.55. The molecule has 0 atom stereocenters. The van der Waals surface area contributed by atoms with Crippen molar-refractivity contribution in [1.29, 1.82) is 0 Å². The minimum Gasteiger partial charge on any atom is -0.497 e. The summed E-state index contributed by atoms with van der Waals surface area (Å²) in [4.78, 5) is 24.3. The fourth-order valence-corrected chi connectivity index (χ4v) is 2.62. The van der Waals surface area contributed by atoms with Crippen molar-refractivity contribution in [3.05, 3.63) is 78.1 Å². The van der Waals surface area contributed by atoms with Crippen molar-refractivity contribution < 1.29 is 19.1 Å². The first-order chi connectivity index (χ1) is 13.1. The number of aromatic nitrogens is 1. The number of carbonyl (C=O) groups excluding carboxylic acids is 2. The Balaban J connectivity index is 1.62. The molecule has 0 aliphatic carbocycles. The van der Waals surface area contributed by atoms with Gasteiger partial charge in [0.2, 0.25) is 0 Å². The van der Waals surface area contributed by atoms with E-state index >= 15 is 0 Å². The van der Waals surface area contributed by atoms with Gasteiger partial charge in [0, 0.05) is 29.8 Å². The highest BCUT2D eigenvalue weighted by molar-refractivity contribution is 5.95. The molecule has 0 saturated heterocycles. The molecular formula is C21H20N2O4. The van der Waals surface area contributed by atoms with Crippen LogP contribution in [0.5, 0.6) is 5.75 Å². The second-order valence-corrected chi connectivity index (χ2v) is 5.95. The molecule has 0 saturated carbocycles. The van der Waals surface area contributed by atoms with Crippen molar-refractivity contribution in [1.82, 2.24) is 4.57 Å². The number of amides is 1. The SMILES string of the molecule is COc1cccc(NC(=O)COC(=O)c2ccc(C)c(-n3cccc3)c2)c1. The third-order valence-corrected chi connectivity index (χ3v) is 4.02. The molecule has 1 heterocycles. The van der Waals surface area contributed by atoms with E-state index in [9.17, 15) is 9.59 Å². The number of rotatable bonds is 6. The Kier molecular flexibility index (Phi) is 5.56. The van der Waals surface area contributed by atoms with E-state index in [1.165, 1.54) is 0 Å². The molecule has 138 valence electrons. The molecular weight excluding hydrogens is 344 g/mol. The zero-order valence-corrected chi connectivity index (χ0v) is 15.1. The van der Waals surface area contributed by atoms with E-state index in [-0.39, 0.29) is 6.61 Å². The summed E-state index contributed by atoms with van der Waals surface area (Å²) in [6.07, 6.45) is 3.80. The Hall–Kier alpha value is -3.54. The monoisotopic (exact) mass is 364 g/mol. The first-order valence-electron chi connectivity index (χ1n) is 8.42. The van der Waals surface area contributed by atoms with Crippen LogP contribution in [0, 0.1) is 6.92 Å². The molecule has 1 N–H and O–H groups in total. The minimum atomic E-state index is -0.552. The second-order valence-electron chi connectivity index (χ2n) is 5.95. The van der Waals surface area contributed by atoms with Gasteiger partial charge >= 0.3 is 5.97 Å². The minimum absolute atomic E-state index is 0.372. The molecule has 27 heavy (non-hydrogen) atoms. The van der Waals surface area contributed by atoms with Crippen molar-refractivity contribution in [3.63, 3.8) is 0 Å². The molecule has 0 radical (unpaired) electrons. The lowest BCUT2D eigenvalue weighted by Gasteiger charge is -2.11. The normalized spacial score (nSPS) is 10.3. The first-order valence-corrected chi connectivity index (χ1v) is 8.42. The van der Waals surface area contributed by atoms with Crippen LogP contribution in [-0.4, -0.2) is 30.2 Å². The summed E-state index contributed by atoms with van der Waals surface area (Å²) in [6.45, 7) is 1.59. The van der Waals surface area contributed by atoms with Gasteiger partial charge in [0.15, 0.2) is 6.61 Å². The largest absolute Gasteiger partial charge is 0.497 e. The number of hydrogen-bond donors (Lipinski definition) is 1. The van der Waals surface area contributed by atoms with Crippen LogP contribution in [-0.2, 0) is 9.53 Å². The van der Waals surface area contributed by atoms with E-state index < -0.39 is 11.9 Å². The number of esters is 1. The highest BCUT2D eigenvalue weighted by Crippen LogP contribution is 2.18. The molecule has 6 heteroatoms. The number of methoxy groups -OCH3 is 1. The fraction of sp³-hybridized carbons (Fsp3) is 0.143. The van der Waals surface area contributed by atoms with Gasteiger partial charge in [0.1, 0.15) is 5.75 Å². The van der Waals surface area contributed by atoms with Crippen LogP contribution in [0.3, 0.4) is 0 Å². The molecule has 1 aromatic heterocycles. The lowest BCUT2D eigenvalue weighted by atomic mass is 10.1. The quantitative estimate of drug-likeness (QED) is 0.679. The van der Waals surface area contributed by atoms with Gasteiger partial charge in [-0.15, -0.1) is 0 Å². The maximum atomic E-state index is 12.3. The smallest absolute Gasteiger partial charge is 0.338 e. The topological polar surface area (TPSA) is 69.6 Å². The zero-order chi connectivity index (χ0) is 19.2. The number of benzene rings is 2. The summed E-state index contributed by atoms with van der Waals surface area (Å²) in [5, 5.41) is 2.67. The van der Waals surface area contributed by atoms with Gasteiger partial charge in [-0.05, 0) is 48.9 Å². The van der Waals surface area contributed by atoms with Gasteiger partial charge in [-0.3, -0.25) is 4.79 Å². The average Bonchev–Trinajstić information content (AvgIpc) is 3.21. The average molecular weight is 364 g/mol. The van der Waals surface area contributed by atoms with Gasteiger partial charge in [-0.1, -0.05) is 12.1 Å². The fourth-order valence-electron chi connectivity index (χ4n) is 2.62. The van der Waals surface area contributed by atoms with Gasteiger partial charge in [0.25, 0.3) is 5.91 Å². The van der Waals surface area contributed by atoms with Crippen molar-refractivity contribution in [2.75, 3.05) is 19.0 Å². The highest BCUT2D eigenvalue weighted by atomic mass is 16.5. The Bertz CT molecular complexity index is 949. The van der Waals surface area contributed by atoms with Crippen LogP contribution in [0.2, 0.25) is 0 Å². The van der Waals surface area contributed by atoms with E-state index in [0.29, 0.717) is 17.0 Å². The number of ether oxygens (including phenoxy) is 2. The van der Waals surface area contributed by atoms with Crippen LogP contribution in [0.1, 0.15) is 15.9 Å². The van der Waals surface area contributed by atoms with E-state index in [1.807, 2.05) is 42.1 Å². The predicted molar refractivity (Wildman–Crippen MR) is 102 cm³/mol. The number of nitrogens with one attached hydrogen (secondary N) is 1. The number of anilines is 1. The van der Waals surface area contributed by atoms with Crippen LogP contribution < -0.4 is 10.1 Å². The van der Waals surface area contributed by atoms with Crippen molar-refractivity contribution in [3.8, 4) is 11.4 Å². The van der Waals surface area contributed by atoms with Gasteiger partial charge in [0.05, 0.1) is 12.7 Å². The molecule has 0 aliphatic rings. The van der Waals surface area contributed by atoms with E-state index in [4.69, 9.17) is 9.47 Å². The predicted octanol–water partition coefficient (Wildman–Crippen LogP) is 3.59. The summed E-state index contributed by atoms with van der Waals surface area (Å²) >= 11 is 0. The highest BCUT2D eigenvalue weighted by Gasteiger charge is 2.13. The lowest BCUT2D eigenvalue weighted by Crippen LogP contribution is -2.21. The van der Waals surface area contributed by atoms with Gasteiger partial charge in [-0.2, -0.15) is 0 Å². The van der Waals surface area contributed by atoms with Crippen molar-refractivity contribution in [2.45, 2.75) is 6.92 Å². The van der Waals surface area contributed by atoms with Crippen LogP contribution in [0.4, 0.5) is 5.69 Å². The molecule has 0 unspecified atom stereocenters. The summed E-state index contributed by atoms with van der Waals surface area (Å²) < 4.78 is 12.2. The summed E-state index contributed by atoms with van der Waals surface area (Å²) in [5.74, 6) is -0.347. The summed E-state index contributed by atoms with van der Waals surface area (Å²) in [7, 11) is 1.55. The lowest BCUT2D eigenvalue weighted by molar-refractivity contribution is -0.119. The molecule has 0 bridgehead atoms. The number of hydrogen-bond acceptors (Lipinski definition) is 4. The van der Waals surface area contributed by atoms with Crippen LogP contribution in [0.15, 0.2) is 67.0 Å². The molecule has 0 spiro atoms. The standard InChI is InChI=1S/C21H20N2O4/c1-15-8-9-16(12-19(15)23-10-3-4-11-23)21(25)27-14-20(24)22-17-6-5-7-18(13-17)26-2/h3-13H,14H2,1-2H3,(H,22,24). The molecule has 2 aromatic carbocycles. The van der Waals surface area contributed by atoms with Gasteiger partial charge < -0.3 is 19.4 Å². The van der Waals surface area contributed by atoms with E-state index in [1.54, 1.807) is 43.5 Å². The molecule has 0 aliphatic heterocycles. The molecule has 6 nitrogen and oxygen atoms in total. The Labute approximate surface area is 157 Å². The molecule has 3 aromatic rings. The molecule has 0 fully saturated rings. The Morgan fingerprint density at radius 1 is 1.04 bits per heavy atom. The zero-order valence-electron chi connectivity index (χ0n) is 15.1. The van der Waals surface area contributed by atoms with Crippen LogP contribution in [0.25, 0.3) is 5.69 Å². The van der Waals surface area contributed by atoms with Gasteiger partial charge in [-0.25, -0.2) is 4.79 Å². The van der Waals surface area contributed by atoms with Crippen molar-refractivity contribution >= 4 is 17.6 Å². The summed E-state index contributed by atoms with van der Waals surface area (Å²) in [6, 6.07) is 16.0. The maximum Gasteiger partial charge on any atom is 0.338 e. The van der Waals surface area contributed by atoms with E-state index in [0.717, 1.165) is 11.3 Å². The molecule has 3 rings (SSSR count). The Morgan fingerprint density at radius 2 is 1.81 bits per heavy atom.